The van der Waals surface area contributed by atoms with Gasteiger partial charge in [0.25, 0.3) is 0 Å². The van der Waals surface area contributed by atoms with E-state index < -0.39 is 0 Å². The topological polar surface area (TPSA) is 21.3 Å². The average Bonchev–Trinajstić information content (AvgIpc) is 2.40. The van der Waals surface area contributed by atoms with Crippen LogP contribution in [0.5, 0.6) is 0 Å². The van der Waals surface area contributed by atoms with Crippen molar-refractivity contribution < 1.29 is 9.13 Å². The summed E-state index contributed by atoms with van der Waals surface area (Å²) in [6.07, 6.45) is 3.13. The van der Waals surface area contributed by atoms with E-state index in [0.717, 1.165) is 38.2 Å². The maximum absolute atomic E-state index is 13.5. The van der Waals surface area contributed by atoms with Crippen molar-refractivity contribution >= 4 is 0 Å². The molecule has 1 aliphatic rings. The zero-order valence-electron chi connectivity index (χ0n) is 11.0. The first-order valence-electron chi connectivity index (χ1n) is 6.80. The normalized spacial score (nSPS) is 21.8. The smallest absolute Gasteiger partial charge is 0.126 e. The molecule has 1 aromatic rings. The molecule has 0 aliphatic carbocycles. The van der Waals surface area contributed by atoms with E-state index in [2.05, 4.69) is 12.2 Å². The van der Waals surface area contributed by atoms with Crippen LogP contribution < -0.4 is 5.32 Å². The van der Waals surface area contributed by atoms with E-state index in [1.807, 2.05) is 12.1 Å². The SMILES string of the molecule is CC(Cc1ccccc1F)NCC1CCCOC1. The second kappa shape index (κ2) is 6.86. The first-order chi connectivity index (χ1) is 8.75. The molecule has 0 bridgehead atoms. The van der Waals surface area contributed by atoms with Crippen molar-refractivity contribution in [2.75, 3.05) is 19.8 Å². The lowest BCUT2D eigenvalue weighted by atomic mass is 10.0. The van der Waals surface area contributed by atoms with Crippen molar-refractivity contribution in [1.82, 2.24) is 5.32 Å². The van der Waals surface area contributed by atoms with E-state index in [1.165, 1.54) is 12.5 Å². The van der Waals surface area contributed by atoms with Gasteiger partial charge in [0.05, 0.1) is 6.61 Å². The van der Waals surface area contributed by atoms with Gasteiger partial charge < -0.3 is 10.1 Å². The third kappa shape index (κ3) is 4.07. The molecule has 3 heteroatoms. The molecular formula is C15H22FNO. The molecule has 0 amide bonds. The molecule has 2 atom stereocenters. The van der Waals surface area contributed by atoms with Crippen LogP contribution in [0.15, 0.2) is 24.3 Å². The summed E-state index contributed by atoms with van der Waals surface area (Å²) < 4.78 is 18.9. The van der Waals surface area contributed by atoms with Gasteiger partial charge in [-0.3, -0.25) is 0 Å². The number of hydrogen-bond donors (Lipinski definition) is 1. The number of nitrogens with one attached hydrogen (secondary N) is 1. The first-order valence-corrected chi connectivity index (χ1v) is 6.80. The Morgan fingerprint density at radius 2 is 2.28 bits per heavy atom. The van der Waals surface area contributed by atoms with Crippen LogP contribution in [0.2, 0.25) is 0 Å². The predicted octanol–water partition coefficient (Wildman–Crippen LogP) is 2.77. The van der Waals surface area contributed by atoms with Gasteiger partial charge in [0.15, 0.2) is 0 Å². The van der Waals surface area contributed by atoms with Crippen molar-refractivity contribution in [3.63, 3.8) is 0 Å². The highest BCUT2D eigenvalue weighted by Crippen LogP contribution is 2.13. The Balaban J connectivity index is 1.74. The molecule has 100 valence electrons. The Morgan fingerprint density at radius 1 is 1.44 bits per heavy atom. The third-order valence-corrected chi connectivity index (χ3v) is 3.49. The van der Waals surface area contributed by atoms with Gasteiger partial charge in [-0.1, -0.05) is 18.2 Å². The van der Waals surface area contributed by atoms with Crippen molar-refractivity contribution in [2.45, 2.75) is 32.2 Å². The summed E-state index contributed by atoms with van der Waals surface area (Å²) in [5.41, 5.74) is 0.789. The van der Waals surface area contributed by atoms with Crippen LogP contribution in [0.4, 0.5) is 4.39 Å². The predicted molar refractivity (Wildman–Crippen MR) is 71.1 cm³/mol. The van der Waals surface area contributed by atoms with Crippen LogP contribution in [0, 0.1) is 11.7 Å². The summed E-state index contributed by atoms with van der Waals surface area (Å²) in [6.45, 7) is 4.84. The molecule has 1 N–H and O–H groups in total. The van der Waals surface area contributed by atoms with Gasteiger partial charge in [-0.05, 0) is 43.7 Å². The quantitative estimate of drug-likeness (QED) is 0.869. The highest BCUT2D eigenvalue weighted by Gasteiger charge is 2.15. The van der Waals surface area contributed by atoms with Crippen LogP contribution in [0.3, 0.4) is 0 Å². The zero-order valence-corrected chi connectivity index (χ0v) is 11.0. The summed E-state index contributed by atoms with van der Waals surface area (Å²) in [7, 11) is 0. The lowest BCUT2D eigenvalue weighted by Gasteiger charge is -2.24. The molecule has 1 fully saturated rings. The minimum Gasteiger partial charge on any atom is -0.381 e. The lowest BCUT2D eigenvalue weighted by Crippen LogP contribution is -2.35. The molecule has 1 heterocycles. The van der Waals surface area contributed by atoms with E-state index in [9.17, 15) is 4.39 Å². The first kappa shape index (κ1) is 13.5. The van der Waals surface area contributed by atoms with Gasteiger partial charge in [-0.25, -0.2) is 4.39 Å². The van der Waals surface area contributed by atoms with Gasteiger partial charge in [0, 0.05) is 19.2 Å². The zero-order chi connectivity index (χ0) is 12.8. The number of benzene rings is 1. The Morgan fingerprint density at radius 3 is 3.00 bits per heavy atom. The summed E-state index contributed by atoms with van der Waals surface area (Å²) in [5, 5.41) is 3.48. The molecule has 2 nitrogen and oxygen atoms in total. The standard InChI is InChI=1S/C15H22FNO/c1-12(9-14-6-2-3-7-15(14)16)17-10-13-5-4-8-18-11-13/h2-3,6-7,12-13,17H,4-5,8-11H2,1H3. The van der Waals surface area contributed by atoms with Crippen LogP contribution >= 0.6 is 0 Å². The monoisotopic (exact) mass is 251 g/mol. The number of halogens is 1. The van der Waals surface area contributed by atoms with Crippen molar-refractivity contribution in [3.8, 4) is 0 Å². The molecular weight excluding hydrogens is 229 g/mol. The summed E-state index contributed by atoms with van der Waals surface area (Å²) in [4.78, 5) is 0. The van der Waals surface area contributed by atoms with Crippen molar-refractivity contribution in [3.05, 3.63) is 35.6 Å². The van der Waals surface area contributed by atoms with Crippen LogP contribution in [-0.2, 0) is 11.2 Å². The highest BCUT2D eigenvalue weighted by atomic mass is 19.1. The molecule has 1 aliphatic heterocycles. The van der Waals surface area contributed by atoms with E-state index >= 15 is 0 Å². The van der Waals surface area contributed by atoms with Gasteiger partial charge >= 0.3 is 0 Å². The van der Waals surface area contributed by atoms with E-state index in [-0.39, 0.29) is 5.82 Å². The second-order valence-electron chi connectivity index (χ2n) is 5.19. The Hall–Kier alpha value is -0.930. The largest absolute Gasteiger partial charge is 0.381 e. The average molecular weight is 251 g/mol. The molecule has 0 radical (unpaired) electrons. The van der Waals surface area contributed by atoms with Gasteiger partial charge in [-0.2, -0.15) is 0 Å². The van der Waals surface area contributed by atoms with Crippen LogP contribution in [-0.4, -0.2) is 25.8 Å². The molecule has 18 heavy (non-hydrogen) atoms. The molecule has 0 spiro atoms. The number of ether oxygens (including phenoxy) is 1. The van der Waals surface area contributed by atoms with E-state index in [4.69, 9.17) is 4.74 Å². The lowest BCUT2D eigenvalue weighted by molar-refractivity contribution is 0.0540. The maximum Gasteiger partial charge on any atom is 0.126 e. The Labute approximate surface area is 109 Å². The molecule has 0 saturated carbocycles. The van der Waals surface area contributed by atoms with Gasteiger partial charge in [0.1, 0.15) is 5.82 Å². The summed E-state index contributed by atoms with van der Waals surface area (Å²) >= 11 is 0. The fourth-order valence-electron chi connectivity index (χ4n) is 2.40. The molecule has 1 aromatic carbocycles. The number of rotatable bonds is 5. The molecule has 0 aromatic heterocycles. The van der Waals surface area contributed by atoms with Crippen LogP contribution in [0.1, 0.15) is 25.3 Å². The summed E-state index contributed by atoms with van der Waals surface area (Å²) in [5.74, 6) is 0.508. The number of hydrogen-bond acceptors (Lipinski definition) is 2. The fraction of sp³-hybridized carbons (Fsp3) is 0.600. The molecule has 2 unspecified atom stereocenters. The van der Waals surface area contributed by atoms with Gasteiger partial charge in [0.2, 0.25) is 0 Å². The minimum absolute atomic E-state index is 0.104. The van der Waals surface area contributed by atoms with E-state index in [1.54, 1.807) is 6.07 Å². The second-order valence-corrected chi connectivity index (χ2v) is 5.19. The van der Waals surface area contributed by atoms with Gasteiger partial charge in [-0.15, -0.1) is 0 Å². The Kier molecular flexibility index (Phi) is 5.14. The highest BCUT2D eigenvalue weighted by molar-refractivity contribution is 5.18. The van der Waals surface area contributed by atoms with Crippen molar-refractivity contribution in [1.29, 1.82) is 0 Å². The fourth-order valence-corrected chi connectivity index (χ4v) is 2.40. The molecule has 1 saturated heterocycles. The van der Waals surface area contributed by atoms with E-state index in [0.29, 0.717) is 12.0 Å². The summed E-state index contributed by atoms with van der Waals surface area (Å²) in [6, 6.07) is 7.30. The maximum atomic E-state index is 13.5. The molecule has 2 rings (SSSR count). The minimum atomic E-state index is -0.104. The van der Waals surface area contributed by atoms with Crippen molar-refractivity contribution in [2.24, 2.45) is 5.92 Å². The third-order valence-electron chi connectivity index (χ3n) is 3.49. The van der Waals surface area contributed by atoms with Crippen LogP contribution in [0.25, 0.3) is 0 Å². The Bertz CT molecular complexity index is 363.